The van der Waals surface area contributed by atoms with Crippen molar-refractivity contribution in [1.29, 1.82) is 0 Å². The van der Waals surface area contributed by atoms with Gasteiger partial charge in [-0.25, -0.2) is 5.43 Å². The van der Waals surface area contributed by atoms with Gasteiger partial charge in [0.25, 0.3) is 5.91 Å². The number of fused-ring (bicyclic) bond motifs is 1. The summed E-state index contributed by atoms with van der Waals surface area (Å²) in [5, 5.41) is 4.25. The van der Waals surface area contributed by atoms with Crippen molar-refractivity contribution in [3.8, 4) is 5.75 Å². The molecule has 3 rings (SSSR count). The topological polar surface area (TPSA) is 50.7 Å². The Morgan fingerprint density at radius 2 is 2.13 bits per heavy atom. The van der Waals surface area contributed by atoms with E-state index >= 15 is 0 Å². The zero-order valence-corrected chi connectivity index (χ0v) is 14.4. The van der Waals surface area contributed by atoms with Gasteiger partial charge in [0.15, 0.2) is 0 Å². The summed E-state index contributed by atoms with van der Waals surface area (Å²) < 4.78 is 5.36. The van der Waals surface area contributed by atoms with Gasteiger partial charge in [0, 0.05) is 10.4 Å². The normalized spacial score (nSPS) is 13.8. The van der Waals surface area contributed by atoms with Gasteiger partial charge in [-0.05, 0) is 56.9 Å². The molecular weight excluding hydrogens is 308 g/mol. The molecule has 4 nitrogen and oxygen atoms in total. The molecule has 1 aliphatic carbocycles. The minimum absolute atomic E-state index is 0.143. The minimum atomic E-state index is -0.143. The van der Waals surface area contributed by atoms with E-state index in [2.05, 4.69) is 10.5 Å². The Hall–Kier alpha value is -2.14. The van der Waals surface area contributed by atoms with E-state index in [0.29, 0.717) is 0 Å². The van der Waals surface area contributed by atoms with Gasteiger partial charge in [0.1, 0.15) is 5.75 Å². The average Bonchev–Trinajstić information content (AvgIpc) is 3.13. The maximum atomic E-state index is 12.3. The molecule has 0 aliphatic heterocycles. The first-order valence-corrected chi connectivity index (χ1v) is 8.51. The third kappa shape index (κ3) is 3.29. The Labute approximate surface area is 140 Å². The maximum absolute atomic E-state index is 12.3. The molecule has 120 valence electrons. The number of ether oxygens (including phenoxy) is 1. The van der Waals surface area contributed by atoms with E-state index in [4.69, 9.17) is 4.74 Å². The van der Waals surface area contributed by atoms with Crippen molar-refractivity contribution >= 4 is 23.0 Å². The summed E-state index contributed by atoms with van der Waals surface area (Å²) >= 11 is 1.58. The highest BCUT2D eigenvalue weighted by Gasteiger charge is 2.18. The molecule has 1 heterocycles. The van der Waals surface area contributed by atoms with Crippen molar-refractivity contribution < 1.29 is 9.53 Å². The first-order valence-electron chi connectivity index (χ1n) is 7.69. The van der Waals surface area contributed by atoms with Crippen LogP contribution >= 0.6 is 11.3 Å². The minimum Gasteiger partial charge on any atom is -0.496 e. The molecule has 23 heavy (non-hydrogen) atoms. The lowest BCUT2D eigenvalue weighted by Crippen LogP contribution is -2.18. The molecule has 1 aromatic carbocycles. The molecule has 0 saturated heterocycles. The molecule has 0 atom stereocenters. The van der Waals surface area contributed by atoms with Crippen molar-refractivity contribution in [2.24, 2.45) is 5.10 Å². The molecule has 0 fully saturated rings. The van der Waals surface area contributed by atoms with Crippen LogP contribution < -0.4 is 10.2 Å². The number of amides is 1. The first-order chi connectivity index (χ1) is 11.1. The largest absolute Gasteiger partial charge is 0.496 e. The van der Waals surface area contributed by atoms with Crippen molar-refractivity contribution in [2.45, 2.75) is 33.1 Å². The Kier molecular flexibility index (Phi) is 4.48. The van der Waals surface area contributed by atoms with Gasteiger partial charge >= 0.3 is 0 Å². The molecule has 1 aromatic heterocycles. The van der Waals surface area contributed by atoms with Gasteiger partial charge in [-0.2, -0.15) is 5.10 Å². The van der Waals surface area contributed by atoms with Gasteiger partial charge in [0.05, 0.1) is 17.7 Å². The maximum Gasteiger partial charge on any atom is 0.281 e. The molecule has 1 aliphatic rings. The molecule has 0 bridgehead atoms. The lowest BCUT2D eigenvalue weighted by Gasteiger charge is -2.09. The number of carbonyl (C=O) groups is 1. The van der Waals surface area contributed by atoms with Gasteiger partial charge < -0.3 is 4.74 Å². The molecule has 1 amide bonds. The van der Waals surface area contributed by atoms with Crippen LogP contribution in [0, 0.1) is 6.92 Å². The van der Waals surface area contributed by atoms with E-state index in [9.17, 15) is 4.79 Å². The number of hydrogen-bond acceptors (Lipinski definition) is 4. The number of hydrazone groups is 1. The monoisotopic (exact) mass is 328 g/mol. The Balaban J connectivity index is 1.76. The molecule has 0 spiro atoms. The van der Waals surface area contributed by atoms with Crippen LogP contribution in [0.4, 0.5) is 0 Å². The number of benzene rings is 1. The van der Waals surface area contributed by atoms with Crippen molar-refractivity contribution in [3.05, 3.63) is 50.7 Å². The Morgan fingerprint density at radius 1 is 1.30 bits per heavy atom. The van der Waals surface area contributed by atoms with Crippen LogP contribution in [0.3, 0.4) is 0 Å². The van der Waals surface area contributed by atoms with E-state index in [1.54, 1.807) is 18.4 Å². The number of thiophene rings is 1. The smallest absolute Gasteiger partial charge is 0.281 e. The Bertz CT molecular complexity index is 756. The summed E-state index contributed by atoms with van der Waals surface area (Å²) in [6.45, 7) is 3.88. The molecule has 0 unspecified atom stereocenters. The number of carbonyl (C=O) groups excluding carboxylic acids is 1. The molecule has 5 heteroatoms. The third-order valence-corrected chi connectivity index (χ3v) is 5.28. The fourth-order valence-corrected chi connectivity index (χ4v) is 3.94. The van der Waals surface area contributed by atoms with E-state index in [1.165, 1.54) is 16.9 Å². The first kappa shape index (κ1) is 15.7. The second-order valence-electron chi connectivity index (χ2n) is 5.75. The van der Waals surface area contributed by atoms with Gasteiger partial charge in [-0.3, -0.25) is 4.79 Å². The van der Waals surface area contributed by atoms with Crippen molar-refractivity contribution in [3.63, 3.8) is 0 Å². The quantitative estimate of drug-likeness (QED) is 0.687. The molecule has 1 N–H and O–H groups in total. The summed E-state index contributed by atoms with van der Waals surface area (Å²) in [5.74, 6) is 0.608. The number of rotatable bonds is 4. The zero-order valence-electron chi connectivity index (χ0n) is 13.6. The summed E-state index contributed by atoms with van der Waals surface area (Å²) in [4.78, 5) is 14.4. The van der Waals surface area contributed by atoms with Crippen LogP contribution in [0.5, 0.6) is 5.75 Å². The lowest BCUT2D eigenvalue weighted by atomic mass is 10.1. The van der Waals surface area contributed by atoms with E-state index < -0.39 is 0 Å². The lowest BCUT2D eigenvalue weighted by molar-refractivity contribution is 0.0959. The number of methoxy groups -OCH3 is 1. The number of nitrogens with zero attached hydrogens (tertiary/aromatic N) is 1. The van der Waals surface area contributed by atoms with Crippen LogP contribution in [0.2, 0.25) is 0 Å². The third-order valence-electron chi connectivity index (χ3n) is 4.04. The molecule has 0 radical (unpaired) electrons. The van der Waals surface area contributed by atoms with E-state index in [0.717, 1.165) is 40.3 Å². The zero-order chi connectivity index (χ0) is 16.4. The predicted molar refractivity (Wildman–Crippen MR) is 93.8 cm³/mol. The van der Waals surface area contributed by atoms with Crippen LogP contribution in [-0.2, 0) is 12.8 Å². The summed E-state index contributed by atoms with van der Waals surface area (Å²) in [7, 11) is 1.63. The average molecular weight is 328 g/mol. The second-order valence-corrected chi connectivity index (χ2v) is 6.89. The highest BCUT2D eigenvalue weighted by molar-refractivity contribution is 7.14. The second kappa shape index (κ2) is 6.54. The fraction of sp³-hybridized carbons (Fsp3) is 0.333. The van der Waals surface area contributed by atoms with Crippen molar-refractivity contribution in [2.75, 3.05) is 7.11 Å². The standard InChI is InChI=1S/C18H20N2O2S/c1-11-7-8-15(22-3)14(9-11)12(2)19-20-18(21)17-10-13-5-4-6-16(13)23-17/h7-10H,4-6H2,1-3H3,(H,20,21)/b19-12-. The number of hydrogen-bond donors (Lipinski definition) is 1. The van der Waals surface area contributed by atoms with Gasteiger partial charge in [0.2, 0.25) is 0 Å². The van der Waals surface area contributed by atoms with E-state index in [1.807, 2.05) is 38.1 Å². The summed E-state index contributed by atoms with van der Waals surface area (Å²) in [5.41, 5.74) is 6.72. The highest BCUT2D eigenvalue weighted by Crippen LogP contribution is 2.30. The van der Waals surface area contributed by atoms with Crippen LogP contribution in [0.25, 0.3) is 0 Å². The summed E-state index contributed by atoms with van der Waals surface area (Å²) in [6, 6.07) is 7.90. The fourth-order valence-electron chi connectivity index (χ4n) is 2.80. The molecular formula is C18H20N2O2S. The summed E-state index contributed by atoms with van der Waals surface area (Å²) in [6.07, 6.45) is 3.38. The van der Waals surface area contributed by atoms with Crippen LogP contribution in [0.1, 0.15) is 44.6 Å². The van der Waals surface area contributed by atoms with Gasteiger partial charge in [-0.15, -0.1) is 11.3 Å². The number of nitrogens with one attached hydrogen (secondary N) is 1. The SMILES string of the molecule is COc1ccc(C)cc1/C(C)=N\NC(=O)c1cc2c(s1)CCC2. The van der Waals surface area contributed by atoms with Crippen LogP contribution in [-0.4, -0.2) is 18.7 Å². The number of aryl methyl sites for hydroxylation is 3. The highest BCUT2D eigenvalue weighted by atomic mass is 32.1. The Morgan fingerprint density at radius 3 is 2.87 bits per heavy atom. The van der Waals surface area contributed by atoms with E-state index in [-0.39, 0.29) is 5.91 Å². The molecule has 2 aromatic rings. The van der Waals surface area contributed by atoms with Crippen LogP contribution in [0.15, 0.2) is 29.4 Å². The van der Waals surface area contributed by atoms with Crippen molar-refractivity contribution in [1.82, 2.24) is 5.43 Å². The predicted octanol–water partition coefficient (Wildman–Crippen LogP) is 3.71. The molecule has 0 saturated carbocycles. The van der Waals surface area contributed by atoms with Gasteiger partial charge in [-0.1, -0.05) is 11.6 Å².